The van der Waals surface area contributed by atoms with E-state index in [2.05, 4.69) is 40.4 Å². The van der Waals surface area contributed by atoms with Crippen LogP contribution in [0.1, 0.15) is 38.3 Å². The molecule has 2 atom stereocenters. The standard InChI is InChI=1S/C15H21BrN2O2S/c1-3-5-17-14-10-7-11(16)13(21-9(2)4-6-19)8-12(10)18-15(14)20/h7-9,14,17,19H,3-6H2,1-2H3,(H,18,20). The summed E-state index contributed by atoms with van der Waals surface area (Å²) in [6, 6.07) is 3.78. The SMILES string of the molecule is CCCNC1C(=O)Nc2cc(SC(C)CCO)c(Br)cc21. The number of hydrogen-bond acceptors (Lipinski definition) is 4. The molecule has 1 aromatic carbocycles. The third kappa shape index (κ3) is 4.00. The van der Waals surface area contributed by atoms with Crippen molar-refractivity contribution in [3.05, 3.63) is 22.2 Å². The Morgan fingerprint density at radius 1 is 1.52 bits per heavy atom. The van der Waals surface area contributed by atoms with Crippen LogP contribution in [0.3, 0.4) is 0 Å². The number of amides is 1. The smallest absolute Gasteiger partial charge is 0.246 e. The van der Waals surface area contributed by atoms with Crippen molar-refractivity contribution in [1.29, 1.82) is 0 Å². The van der Waals surface area contributed by atoms with E-state index >= 15 is 0 Å². The van der Waals surface area contributed by atoms with Gasteiger partial charge in [-0.1, -0.05) is 13.8 Å². The third-order valence-electron chi connectivity index (χ3n) is 3.40. The summed E-state index contributed by atoms with van der Waals surface area (Å²) in [5.41, 5.74) is 1.88. The summed E-state index contributed by atoms with van der Waals surface area (Å²) < 4.78 is 0.996. The fourth-order valence-corrected chi connectivity index (χ4v) is 3.96. The van der Waals surface area contributed by atoms with Crippen molar-refractivity contribution in [2.75, 3.05) is 18.5 Å². The first-order valence-electron chi connectivity index (χ1n) is 7.22. The Morgan fingerprint density at radius 2 is 2.29 bits per heavy atom. The van der Waals surface area contributed by atoms with Gasteiger partial charge in [-0.3, -0.25) is 4.79 Å². The van der Waals surface area contributed by atoms with Crippen LogP contribution in [0.25, 0.3) is 0 Å². The molecule has 6 heteroatoms. The molecule has 0 spiro atoms. The molecule has 0 saturated heterocycles. The molecule has 0 radical (unpaired) electrons. The van der Waals surface area contributed by atoms with Crippen molar-refractivity contribution < 1.29 is 9.90 Å². The zero-order valence-electron chi connectivity index (χ0n) is 12.3. The second-order valence-corrected chi connectivity index (χ2v) is 7.52. The predicted molar refractivity (Wildman–Crippen MR) is 90.8 cm³/mol. The Morgan fingerprint density at radius 3 is 2.95 bits per heavy atom. The van der Waals surface area contributed by atoms with Gasteiger partial charge >= 0.3 is 0 Å². The summed E-state index contributed by atoms with van der Waals surface area (Å²) in [4.78, 5) is 13.1. The minimum atomic E-state index is -0.259. The minimum absolute atomic E-state index is 0.0101. The highest BCUT2D eigenvalue weighted by Crippen LogP contribution is 2.40. The summed E-state index contributed by atoms with van der Waals surface area (Å²) >= 11 is 5.30. The molecule has 1 aliphatic rings. The van der Waals surface area contributed by atoms with Gasteiger partial charge in [-0.15, -0.1) is 11.8 Å². The molecule has 0 aromatic heterocycles. The second kappa shape index (κ2) is 7.63. The van der Waals surface area contributed by atoms with E-state index < -0.39 is 0 Å². The molecule has 1 aromatic rings. The molecule has 21 heavy (non-hydrogen) atoms. The van der Waals surface area contributed by atoms with E-state index in [1.54, 1.807) is 11.8 Å². The van der Waals surface area contributed by atoms with Crippen molar-refractivity contribution >= 4 is 39.3 Å². The van der Waals surface area contributed by atoms with Gasteiger partial charge in [0.05, 0.1) is 0 Å². The molecular weight excluding hydrogens is 352 g/mol. The highest BCUT2D eigenvalue weighted by molar-refractivity contribution is 9.10. The van der Waals surface area contributed by atoms with E-state index in [-0.39, 0.29) is 18.6 Å². The van der Waals surface area contributed by atoms with E-state index in [4.69, 9.17) is 5.11 Å². The van der Waals surface area contributed by atoms with Crippen molar-refractivity contribution in [2.24, 2.45) is 0 Å². The van der Waals surface area contributed by atoms with Crippen molar-refractivity contribution in [3.8, 4) is 0 Å². The first-order chi connectivity index (χ1) is 10.1. The maximum Gasteiger partial charge on any atom is 0.246 e. The number of carbonyl (C=O) groups excluding carboxylic acids is 1. The van der Waals surface area contributed by atoms with Crippen LogP contribution < -0.4 is 10.6 Å². The number of fused-ring (bicyclic) bond motifs is 1. The molecule has 0 aliphatic carbocycles. The molecule has 0 saturated carbocycles. The number of halogens is 1. The van der Waals surface area contributed by atoms with E-state index in [1.165, 1.54) is 0 Å². The van der Waals surface area contributed by atoms with Crippen LogP contribution in [0.4, 0.5) is 5.69 Å². The second-order valence-electron chi connectivity index (χ2n) is 5.19. The maximum absolute atomic E-state index is 12.1. The molecule has 1 heterocycles. The largest absolute Gasteiger partial charge is 0.396 e. The molecule has 0 fully saturated rings. The first kappa shape index (κ1) is 16.8. The lowest BCUT2D eigenvalue weighted by Crippen LogP contribution is -2.28. The van der Waals surface area contributed by atoms with Crippen molar-refractivity contribution in [3.63, 3.8) is 0 Å². The normalized spacial score (nSPS) is 18.5. The molecule has 2 unspecified atom stereocenters. The Labute approximate surface area is 138 Å². The van der Waals surface area contributed by atoms with Gasteiger partial charge in [0.1, 0.15) is 6.04 Å². The molecule has 4 nitrogen and oxygen atoms in total. The van der Waals surface area contributed by atoms with Gasteiger partial charge in [0.15, 0.2) is 0 Å². The first-order valence-corrected chi connectivity index (χ1v) is 8.89. The number of anilines is 1. The summed E-state index contributed by atoms with van der Waals surface area (Å²) in [7, 11) is 0. The van der Waals surface area contributed by atoms with Crippen LogP contribution in [0, 0.1) is 0 Å². The molecule has 116 valence electrons. The van der Waals surface area contributed by atoms with Crippen molar-refractivity contribution in [1.82, 2.24) is 5.32 Å². The Hall–Kier alpha value is -0.560. The van der Waals surface area contributed by atoms with Gasteiger partial charge in [0, 0.05) is 32.5 Å². The average molecular weight is 373 g/mol. The van der Waals surface area contributed by atoms with Gasteiger partial charge in [0.2, 0.25) is 5.91 Å². The fourth-order valence-electron chi connectivity index (χ4n) is 2.30. The number of aliphatic hydroxyl groups is 1. The number of thioether (sulfide) groups is 1. The summed E-state index contributed by atoms with van der Waals surface area (Å²) in [5.74, 6) is 0.0101. The molecule has 3 N–H and O–H groups in total. The van der Waals surface area contributed by atoms with Gasteiger partial charge in [-0.2, -0.15) is 0 Å². The number of aliphatic hydroxyl groups excluding tert-OH is 1. The Kier molecular flexibility index (Phi) is 6.10. The third-order valence-corrected chi connectivity index (χ3v) is 5.55. The van der Waals surface area contributed by atoms with E-state index in [9.17, 15) is 4.79 Å². The maximum atomic E-state index is 12.1. The van der Waals surface area contributed by atoms with Gasteiger partial charge < -0.3 is 15.7 Å². The lowest BCUT2D eigenvalue weighted by atomic mass is 10.1. The number of nitrogens with one attached hydrogen (secondary N) is 2. The van der Waals surface area contributed by atoms with Crippen LogP contribution in [-0.2, 0) is 4.79 Å². The zero-order valence-corrected chi connectivity index (χ0v) is 14.7. The average Bonchev–Trinajstić information content (AvgIpc) is 2.72. The van der Waals surface area contributed by atoms with Crippen LogP contribution in [-0.4, -0.2) is 29.4 Å². The Bertz CT molecular complexity index is 525. The van der Waals surface area contributed by atoms with Crippen LogP contribution >= 0.6 is 27.7 Å². The lowest BCUT2D eigenvalue weighted by Gasteiger charge is -2.14. The van der Waals surface area contributed by atoms with E-state index in [1.807, 2.05) is 12.1 Å². The number of carbonyl (C=O) groups is 1. The molecule has 1 aliphatic heterocycles. The van der Waals surface area contributed by atoms with Crippen LogP contribution in [0.15, 0.2) is 21.5 Å². The predicted octanol–water partition coefficient (Wildman–Crippen LogP) is 3.30. The lowest BCUT2D eigenvalue weighted by molar-refractivity contribution is -0.117. The fraction of sp³-hybridized carbons (Fsp3) is 0.533. The highest BCUT2D eigenvalue weighted by Gasteiger charge is 2.31. The quantitative estimate of drug-likeness (QED) is 0.642. The minimum Gasteiger partial charge on any atom is -0.396 e. The molecule has 2 rings (SSSR count). The molecule has 1 amide bonds. The monoisotopic (exact) mass is 372 g/mol. The topological polar surface area (TPSA) is 61.4 Å². The number of rotatable bonds is 7. The summed E-state index contributed by atoms with van der Waals surface area (Å²) in [5, 5.41) is 15.5. The van der Waals surface area contributed by atoms with Gasteiger partial charge in [-0.25, -0.2) is 0 Å². The van der Waals surface area contributed by atoms with E-state index in [0.29, 0.717) is 5.25 Å². The zero-order chi connectivity index (χ0) is 15.4. The van der Waals surface area contributed by atoms with Crippen LogP contribution in [0.5, 0.6) is 0 Å². The molecule has 0 bridgehead atoms. The van der Waals surface area contributed by atoms with Gasteiger partial charge in [0.25, 0.3) is 0 Å². The van der Waals surface area contributed by atoms with E-state index in [0.717, 1.165) is 40.0 Å². The Balaban J connectivity index is 2.20. The summed E-state index contributed by atoms with van der Waals surface area (Å²) in [6.07, 6.45) is 1.74. The molecular formula is C15H21BrN2O2S. The van der Waals surface area contributed by atoms with Gasteiger partial charge in [-0.05, 0) is 47.4 Å². The van der Waals surface area contributed by atoms with Crippen molar-refractivity contribution in [2.45, 2.75) is 42.9 Å². The number of benzene rings is 1. The number of hydrogen-bond donors (Lipinski definition) is 3. The highest BCUT2D eigenvalue weighted by atomic mass is 79.9. The summed E-state index contributed by atoms with van der Waals surface area (Å²) in [6.45, 7) is 5.18. The van der Waals surface area contributed by atoms with Crippen LogP contribution in [0.2, 0.25) is 0 Å².